The van der Waals surface area contributed by atoms with Crippen molar-refractivity contribution in [1.82, 2.24) is 4.98 Å². The number of aromatic nitrogens is 1. The summed E-state index contributed by atoms with van der Waals surface area (Å²) in [5, 5.41) is 0.531. The predicted molar refractivity (Wildman–Crippen MR) is 66.0 cm³/mol. The molecule has 0 spiro atoms. The monoisotopic (exact) mass is 236 g/mol. The molecule has 1 heterocycles. The van der Waals surface area contributed by atoms with Gasteiger partial charge in [-0.15, -0.1) is 11.3 Å². The number of nitrogens with zero attached hydrogens (tertiary/aromatic N) is 1. The molecule has 1 aromatic carbocycles. The van der Waals surface area contributed by atoms with E-state index < -0.39 is 0 Å². The van der Waals surface area contributed by atoms with Gasteiger partial charge in [0.15, 0.2) is 5.13 Å². The number of rotatable bonds is 2. The van der Waals surface area contributed by atoms with Gasteiger partial charge in [0.05, 0.1) is 5.69 Å². The first-order chi connectivity index (χ1) is 7.58. The highest BCUT2D eigenvalue weighted by Crippen LogP contribution is 2.34. The van der Waals surface area contributed by atoms with E-state index in [1.165, 1.54) is 23.5 Å². The van der Waals surface area contributed by atoms with Gasteiger partial charge >= 0.3 is 0 Å². The van der Waals surface area contributed by atoms with Crippen molar-refractivity contribution in [2.24, 2.45) is 0 Å². The first-order valence-electron chi connectivity index (χ1n) is 5.10. The van der Waals surface area contributed by atoms with Crippen LogP contribution in [-0.4, -0.2) is 4.98 Å². The quantitative estimate of drug-likeness (QED) is 0.864. The number of benzene rings is 1. The number of nitrogen functional groups attached to an aromatic ring is 1. The van der Waals surface area contributed by atoms with E-state index in [1.54, 1.807) is 6.07 Å². The lowest BCUT2D eigenvalue weighted by Crippen LogP contribution is -1.89. The largest absolute Gasteiger partial charge is 0.375 e. The molecule has 0 amide bonds. The van der Waals surface area contributed by atoms with Gasteiger partial charge in [0.2, 0.25) is 0 Å². The summed E-state index contributed by atoms with van der Waals surface area (Å²) in [5.41, 5.74) is 7.30. The molecule has 1 aromatic heterocycles. The summed E-state index contributed by atoms with van der Waals surface area (Å²) in [7, 11) is 0. The Bertz CT molecular complexity index is 505. The summed E-state index contributed by atoms with van der Waals surface area (Å²) in [6, 6.07) is 6.45. The van der Waals surface area contributed by atoms with E-state index in [0.29, 0.717) is 11.0 Å². The van der Waals surface area contributed by atoms with Crippen LogP contribution >= 0.6 is 11.3 Å². The highest BCUT2D eigenvalue weighted by atomic mass is 32.1. The molecule has 0 bridgehead atoms. The summed E-state index contributed by atoms with van der Waals surface area (Å²) in [6.07, 6.45) is 0. The molecule has 0 saturated heterocycles. The molecule has 0 saturated carbocycles. The predicted octanol–water partition coefficient (Wildman–Crippen LogP) is 3.65. The summed E-state index contributed by atoms with van der Waals surface area (Å²) in [5.74, 6) is 0.0897. The van der Waals surface area contributed by atoms with Gasteiger partial charge in [0.25, 0.3) is 0 Å². The SMILES string of the molecule is CC(C)c1sc(N)nc1-c1cccc(F)c1. The van der Waals surface area contributed by atoms with Gasteiger partial charge in [-0.1, -0.05) is 26.0 Å². The second kappa shape index (κ2) is 4.22. The molecular formula is C12H13FN2S. The maximum atomic E-state index is 13.1. The molecule has 0 aliphatic rings. The highest BCUT2D eigenvalue weighted by molar-refractivity contribution is 7.15. The topological polar surface area (TPSA) is 38.9 Å². The summed E-state index contributed by atoms with van der Waals surface area (Å²) in [6.45, 7) is 4.16. The first-order valence-corrected chi connectivity index (χ1v) is 5.91. The van der Waals surface area contributed by atoms with Crippen molar-refractivity contribution in [3.63, 3.8) is 0 Å². The van der Waals surface area contributed by atoms with Crippen LogP contribution < -0.4 is 5.73 Å². The van der Waals surface area contributed by atoms with Crippen molar-refractivity contribution in [3.05, 3.63) is 35.0 Å². The molecule has 4 heteroatoms. The smallest absolute Gasteiger partial charge is 0.180 e. The van der Waals surface area contributed by atoms with E-state index in [0.717, 1.165) is 16.1 Å². The minimum Gasteiger partial charge on any atom is -0.375 e. The molecule has 0 unspecified atom stereocenters. The van der Waals surface area contributed by atoms with Crippen LogP contribution in [0.4, 0.5) is 9.52 Å². The van der Waals surface area contributed by atoms with Crippen LogP contribution in [0.15, 0.2) is 24.3 Å². The molecule has 2 rings (SSSR count). The fraction of sp³-hybridized carbons (Fsp3) is 0.250. The molecule has 2 aromatic rings. The molecule has 2 N–H and O–H groups in total. The number of halogens is 1. The summed E-state index contributed by atoms with van der Waals surface area (Å²) < 4.78 is 13.1. The Hall–Kier alpha value is -1.42. The minimum atomic E-state index is -0.251. The molecule has 0 atom stereocenters. The van der Waals surface area contributed by atoms with E-state index in [9.17, 15) is 4.39 Å². The molecular weight excluding hydrogens is 223 g/mol. The fourth-order valence-corrected chi connectivity index (χ4v) is 2.44. The van der Waals surface area contributed by atoms with Crippen molar-refractivity contribution in [3.8, 4) is 11.3 Å². The van der Waals surface area contributed by atoms with E-state index in [1.807, 2.05) is 6.07 Å². The van der Waals surface area contributed by atoms with Crippen molar-refractivity contribution >= 4 is 16.5 Å². The van der Waals surface area contributed by atoms with Gasteiger partial charge in [0.1, 0.15) is 5.82 Å². The third-order valence-electron chi connectivity index (χ3n) is 2.29. The first kappa shape index (κ1) is 11.1. The van der Waals surface area contributed by atoms with Gasteiger partial charge < -0.3 is 5.73 Å². The molecule has 0 radical (unpaired) electrons. The Kier molecular flexibility index (Phi) is 2.92. The standard InChI is InChI=1S/C12H13FN2S/c1-7(2)11-10(15-12(14)16-11)8-4-3-5-9(13)6-8/h3-7H,1-2H3,(H2,14,15). The Balaban J connectivity index is 2.55. The zero-order chi connectivity index (χ0) is 11.7. The number of hydrogen-bond acceptors (Lipinski definition) is 3. The second-order valence-electron chi connectivity index (χ2n) is 3.93. The Morgan fingerprint density at radius 1 is 1.38 bits per heavy atom. The maximum Gasteiger partial charge on any atom is 0.180 e. The van der Waals surface area contributed by atoms with Crippen LogP contribution in [0.1, 0.15) is 24.6 Å². The van der Waals surface area contributed by atoms with E-state index in [4.69, 9.17) is 5.73 Å². The Morgan fingerprint density at radius 2 is 2.12 bits per heavy atom. The number of hydrogen-bond donors (Lipinski definition) is 1. The van der Waals surface area contributed by atoms with Gasteiger partial charge in [-0.2, -0.15) is 0 Å². The lowest BCUT2D eigenvalue weighted by Gasteiger charge is -2.04. The lowest BCUT2D eigenvalue weighted by molar-refractivity contribution is 0.628. The van der Waals surface area contributed by atoms with Gasteiger partial charge in [-0.25, -0.2) is 9.37 Å². The van der Waals surface area contributed by atoms with E-state index in [2.05, 4.69) is 18.8 Å². The van der Waals surface area contributed by atoms with Crippen molar-refractivity contribution in [2.45, 2.75) is 19.8 Å². The maximum absolute atomic E-state index is 13.1. The normalized spacial score (nSPS) is 11.0. The van der Waals surface area contributed by atoms with Crippen LogP contribution in [-0.2, 0) is 0 Å². The molecule has 0 fully saturated rings. The molecule has 0 aliphatic carbocycles. The lowest BCUT2D eigenvalue weighted by atomic mass is 10.1. The van der Waals surface area contributed by atoms with E-state index in [-0.39, 0.29) is 5.82 Å². The minimum absolute atomic E-state index is 0.251. The van der Waals surface area contributed by atoms with Gasteiger partial charge in [0, 0.05) is 10.4 Å². The summed E-state index contributed by atoms with van der Waals surface area (Å²) in [4.78, 5) is 5.37. The number of thiazole rings is 1. The number of anilines is 1. The van der Waals surface area contributed by atoms with Crippen LogP contribution in [0.2, 0.25) is 0 Å². The zero-order valence-corrected chi connectivity index (χ0v) is 10.0. The van der Waals surface area contributed by atoms with Crippen molar-refractivity contribution in [2.75, 3.05) is 5.73 Å². The van der Waals surface area contributed by atoms with Crippen molar-refractivity contribution < 1.29 is 4.39 Å². The van der Waals surface area contributed by atoms with Crippen LogP contribution in [0, 0.1) is 5.82 Å². The van der Waals surface area contributed by atoms with Crippen molar-refractivity contribution in [1.29, 1.82) is 0 Å². The Morgan fingerprint density at radius 3 is 2.75 bits per heavy atom. The second-order valence-corrected chi connectivity index (χ2v) is 4.99. The zero-order valence-electron chi connectivity index (χ0n) is 9.20. The molecule has 0 aliphatic heterocycles. The highest BCUT2D eigenvalue weighted by Gasteiger charge is 2.14. The third kappa shape index (κ3) is 2.07. The van der Waals surface area contributed by atoms with Gasteiger partial charge in [-0.05, 0) is 18.1 Å². The third-order valence-corrected chi connectivity index (χ3v) is 3.48. The average molecular weight is 236 g/mol. The van der Waals surface area contributed by atoms with Crippen LogP contribution in [0.25, 0.3) is 11.3 Å². The molecule has 2 nitrogen and oxygen atoms in total. The van der Waals surface area contributed by atoms with Crippen LogP contribution in [0.5, 0.6) is 0 Å². The van der Waals surface area contributed by atoms with E-state index >= 15 is 0 Å². The molecule has 84 valence electrons. The summed E-state index contributed by atoms with van der Waals surface area (Å²) >= 11 is 1.47. The van der Waals surface area contributed by atoms with Crippen LogP contribution in [0.3, 0.4) is 0 Å². The Labute approximate surface area is 97.9 Å². The average Bonchev–Trinajstić information content (AvgIpc) is 2.60. The fourth-order valence-electron chi connectivity index (χ4n) is 1.58. The molecule has 16 heavy (non-hydrogen) atoms. The van der Waals surface area contributed by atoms with Gasteiger partial charge in [-0.3, -0.25) is 0 Å². The number of nitrogens with two attached hydrogens (primary N) is 1.